The molecule has 0 aliphatic carbocycles. The molecular formula is C13H17NO4. The maximum absolute atomic E-state index is 11.7. The number of rotatable bonds is 4. The first-order valence-electron chi connectivity index (χ1n) is 5.43. The molecule has 1 rings (SSSR count). The van der Waals surface area contributed by atoms with E-state index in [-0.39, 0.29) is 0 Å². The highest BCUT2D eigenvalue weighted by molar-refractivity contribution is 6.40. The van der Waals surface area contributed by atoms with Crippen LogP contribution in [0.3, 0.4) is 0 Å². The highest BCUT2D eigenvalue weighted by Gasteiger charge is 2.20. The summed E-state index contributed by atoms with van der Waals surface area (Å²) < 4.78 is 10.4. The van der Waals surface area contributed by atoms with Gasteiger partial charge in [0.15, 0.2) is 0 Å². The lowest BCUT2D eigenvalue weighted by Crippen LogP contribution is -2.31. The number of anilines is 1. The summed E-state index contributed by atoms with van der Waals surface area (Å²) in [5.41, 5.74) is 1.39. The molecule has 5 heteroatoms. The minimum Gasteiger partial charge on any atom is -0.496 e. The number of hydrogen-bond donors (Lipinski definition) is 0. The Kier molecular flexibility index (Phi) is 4.31. The number of Topliss-reactive ketones (excluding diaryl/α,β-unsaturated/α-hetero) is 1. The number of ketones is 1. The van der Waals surface area contributed by atoms with E-state index in [4.69, 9.17) is 9.47 Å². The molecule has 1 aromatic carbocycles. The van der Waals surface area contributed by atoms with E-state index in [2.05, 4.69) is 0 Å². The van der Waals surface area contributed by atoms with Crippen molar-refractivity contribution in [1.82, 2.24) is 0 Å². The van der Waals surface area contributed by atoms with Gasteiger partial charge >= 0.3 is 0 Å². The van der Waals surface area contributed by atoms with E-state index in [1.165, 1.54) is 26.0 Å². The summed E-state index contributed by atoms with van der Waals surface area (Å²) in [5.74, 6) is 0.0257. The van der Waals surface area contributed by atoms with Crippen LogP contribution in [-0.2, 0) is 9.59 Å². The van der Waals surface area contributed by atoms with Crippen LogP contribution in [0.2, 0.25) is 0 Å². The summed E-state index contributed by atoms with van der Waals surface area (Å²) in [7, 11) is 4.58. The van der Waals surface area contributed by atoms with Crippen molar-refractivity contribution in [2.24, 2.45) is 0 Å². The molecular weight excluding hydrogens is 234 g/mol. The lowest BCUT2D eigenvalue weighted by molar-refractivity contribution is -0.134. The highest BCUT2D eigenvalue weighted by Crippen LogP contribution is 2.34. The first kappa shape index (κ1) is 14.0. The summed E-state index contributed by atoms with van der Waals surface area (Å²) in [6, 6.07) is 3.44. The molecule has 0 N–H and O–H groups in total. The first-order valence-corrected chi connectivity index (χ1v) is 5.43. The van der Waals surface area contributed by atoms with Gasteiger partial charge in [0.2, 0.25) is 5.78 Å². The smallest absolute Gasteiger partial charge is 0.293 e. The van der Waals surface area contributed by atoms with Crippen LogP contribution in [0.1, 0.15) is 12.5 Å². The van der Waals surface area contributed by atoms with Crippen LogP contribution in [-0.4, -0.2) is 33.0 Å². The largest absolute Gasteiger partial charge is 0.496 e. The average molecular weight is 251 g/mol. The van der Waals surface area contributed by atoms with E-state index in [0.29, 0.717) is 17.2 Å². The van der Waals surface area contributed by atoms with Crippen LogP contribution < -0.4 is 14.4 Å². The Bertz CT molecular complexity index is 482. The monoisotopic (exact) mass is 251 g/mol. The van der Waals surface area contributed by atoms with E-state index < -0.39 is 11.7 Å². The normalized spacial score (nSPS) is 9.83. The van der Waals surface area contributed by atoms with E-state index in [0.717, 1.165) is 5.56 Å². The zero-order valence-corrected chi connectivity index (χ0v) is 11.2. The number of likely N-dealkylation sites (N-methyl/N-ethyl adjacent to an activating group) is 1. The predicted molar refractivity (Wildman–Crippen MR) is 68.4 cm³/mol. The lowest BCUT2D eigenvalue weighted by Gasteiger charge is -2.20. The van der Waals surface area contributed by atoms with Crippen molar-refractivity contribution in [1.29, 1.82) is 0 Å². The number of aryl methyl sites for hydroxylation is 1. The van der Waals surface area contributed by atoms with Crippen LogP contribution in [0, 0.1) is 6.92 Å². The maximum atomic E-state index is 11.7. The molecule has 0 saturated heterocycles. The molecule has 0 atom stereocenters. The van der Waals surface area contributed by atoms with Gasteiger partial charge in [0.05, 0.1) is 19.9 Å². The maximum Gasteiger partial charge on any atom is 0.293 e. The molecule has 98 valence electrons. The third-order valence-corrected chi connectivity index (χ3v) is 2.66. The van der Waals surface area contributed by atoms with Crippen molar-refractivity contribution >= 4 is 17.4 Å². The molecule has 0 fully saturated rings. The van der Waals surface area contributed by atoms with Gasteiger partial charge in [0, 0.05) is 20.0 Å². The highest BCUT2D eigenvalue weighted by atomic mass is 16.5. The lowest BCUT2D eigenvalue weighted by atomic mass is 10.1. The topological polar surface area (TPSA) is 55.8 Å². The molecule has 0 aliphatic rings. The van der Waals surface area contributed by atoms with Crippen molar-refractivity contribution in [3.63, 3.8) is 0 Å². The van der Waals surface area contributed by atoms with Crippen molar-refractivity contribution in [2.45, 2.75) is 13.8 Å². The number of hydrogen-bond acceptors (Lipinski definition) is 4. The molecule has 1 aromatic rings. The molecule has 0 heterocycles. The van der Waals surface area contributed by atoms with E-state index in [1.54, 1.807) is 19.2 Å². The number of methoxy groups -OCH3 is 2. The minimum atomic E-state index is -0.598. The Morgan fingerprint density at radius 3 is 2.11 bits per heavy atom. The number of ether oxygens (including phenoxy) is 2. The number of nitrogens with zero attached hydrogens (tertiary/aromatic N) is 1. The molecule has 0 unspecified atom stereocenters. The second kappa shape index (κ2) is 5.53. The molecule has 1 amide bonds. The van der Waals surface area contributed by atoms with Crippen LogP contribution in [0.4, 0.5) is 5.69 Å². The fourth-order valence-corrected chi connectivity index (χ4v) is 1.64. The van der Waals surface area contributed by atoms with Gasteiger partial charge in [-0.25, -0.2) is 0 Å². The van der Waals surface area contributed by atoms with E-state index >= 15 is 0 Å². The molecule has 18 heavy (non-hydrogen) atoms. The van der Waals surface area contributed by atoms with Crippen LogP contribution >= 0.6 is 0 Å². The predicted octanol–water partition coefficient (Wildman–Crippen LogP) is 1.56. The molecule has 0 bridgehead atoms. The summed E-state index contributed by atoms with van der Waals surface area (Å²) in [6.07, 6.45) is 0. The number of carbonyl (C=O) groups excluding carboxylic acids is 2. The molecule has 0 aromatic heterocycles. The van der Waals surface area contributed by atoms with Crippen molar-refractivity contribution in [3.05, 3.63) is 17.7 Å². The quantitative estimate of drug-likeness (QED) is 0.762. The fraction of sp³-hybridized carbons (Fsp3) is 0.385. The minimum absolute atomic E-state index is 0.500. The SMILES string of the molecule is COc1cc(N(C)C(=O)C(C)=O)c(OC)cc1C. The zero-order valence-electron chi connectivity index (χ0n) is 11.2. The van der Waals surface area contributed by atoms with Gasteiger partial charge in [-0.05, 0) is 18.6 Å². The van der Waals surface area contributed by atoms with Crippen LogP contribution in [0.5, 0.6) is 11.5 Å². The molecule has 0 spiro atoms. The van der Waals surface area contributed by atoms with Gasteiger partial charge in [0.25, 0.3) is 5.91 Å². The van der Waals surface area contributed by atoms with Crippen molar-refractivity contribution in [3.8, 4) is 11.5 Å². The van der Waals surface area contributed by atoms with Gasteiger partial charge in [-0.15, -0.1) is 0 Å². The first-order chi connectivity index (χ1) is 8.42. The molecule has 0 aliphatic heterocycles. The van der Waals surface area contributed by atoms with Gasteiger partial charge in [-0.3, -0.25) is 9.59 Å². The summed E-state index contributed by atoms with van der Waals surface area (Å²) in [4.78, 5) is 24.0. The number of amides is 1. The van der Waals surface area contributed by atoms with Gasteiger partial charge in [0.1, 0.15) is 11.5 Å². The third kappa shape index (κ3) is 2.61. The summed E-state index contributed by atoms with van der Waals surface area (Å²) >= 11 is 0. The zero-order chi connectivity index (χ0) is 13.9. The second-order valence-corrected chi connectivity index (χ2v) is 3.91. The van der Waals surface area contributed by atoms with E-state index in [9.17, 15) is 9.59 Å². The summed E-state index contributed by atoms with van der Waals surface area (Å²) in [6.45, 7) is 3.11. The number of benzene rings is 1. The molecule has 0 saturated carbocycles. The number of carbonyl (C=O) groups is 2. The third-order valence-electron chi connectivity index (χ3n) is 2.66. The second-order valence-electron chi connectivity index (χ2n) is 3.91. The fourth-order valence-electron chi connectivity index (χ4n) is 1.64. The van der Waals surface area contributed by atoms with Crippen LogP contribution in [0.25, 0.3) is 0 Å². The molecule has 5 nitrogen and oxygen atoms in total. The standard InChI is InChI=1S/C13H17NO4/c1-8-6-12(18-5)10(7-11(8)17-4)14(3)13(16)9(2)15/h6-7H,1-5H3. The van der Waals surface area contributed by atoms with Gasteiger partial charge in [-0.2, -0.15) is 0 Å². The van der Waals surface area contributed by atoms with E-state index in [1.807, 2.05) is 6.92 Å². The van der Waals surface area contributed by atoms with Crippen molar-refractivity contribution in [2.75, 3.05) is 26.2 Å². The van der Waals surface area contributed by atoms with Gasteiger partial charge < -0.3 is 14.4 Å². The Morgan fingerprint density at radius 1 is 1.11 bits per heavy atom. The van der Waals surface area contributed by atoms with Crippen molar-refractivity contribution < 1.29 is 19.1 Å². The Hall–Kier alpha value is -2.04. The Morgan fingerprint density at radius 2 is 1.67 bits per heavy atom. The molecule has 0 radical (unpaired) electrons. The average Bonchev–Trinajstić information content (AvgIpc) is 2.36. The summed E-state index contributed by atoms with van der Waals surface area (Å²) in [5, 5.41) is 0. The Labute approximate surface area is 106 Å². The van der Waals surface area contributed by atoms with Crippen LogP contribution in [0.15, 0.2) is 12.1 Å². The van der Waals surface area contributed by atoms with Gasteiger partial charge in [-0.1, -0.05) is 0 Å². The Balaban J connectivity index is 3.29.